The van der Waals surface area contributed by atoms with E-state index in [0.29, 0.717) is 44.1 Å². The molecule has 0 saturated carbocycles. The number of carbonyl (C=O) groups is 2. The van der Waals surface area contributed by atoms with Crippen LogP contribution in [0.3, 0.4) is 0 Å². The molecule has 8 heteroatoms. The lowest BCUT2D eigenvalue weighted by Gasteiger charge is -2.33. The zero-order valence-electron chi connectivity index (χ0n) is 16.5. The molecule has 1 fully saturated rings. The quantitative estimate of drug-likeness (QED) is 0.683. The van der Waals surface area contributed by atoms with Gasteiger partial charge in [0, 0.05) is 43.5 Å². The Morgan fingerprint density at radius 1 is 1.03 bits per heavy atom. The van der Waals surface area contributed by atoms with Gasteiger partial charge in [0.25, 0.3) is 5.91 Å². The van der Waals surface area contributed by atoms with Crippen LogP contribution < -0.4 is 0 Å². The zero-order chi connectivity index (χ0) is 20.4. The van der Waals surface area contributed by atoms with E-state index >= 15 is 0 Å². The van der Waals surface area contributed by atoms with Gasteiger partial charge in [0.05, 0.1) is 12.3 Å². The van der Waals surface area contributed by atoms with Gasteiger partial charge in [-0.15, -0.1) is 0 Å². The highest BCUT2D eigenvalue weighted by Crippen LogP contribution is 2.20. The standard InChI is InChI=1S/C21H23N5O3/c1-3-29-21(28)25-11-9-24(10-12-25)20(27)18-13-15(2)26-19(22-18)14-17(23-26)16-7-5-4-6-8-16/h4-8,13-14H,3,9-12H2,1-2H3. The lowest BCUT2D eigenvalue weighted by Crippen LogP contribution is -2.50. The van der Waals surface area contributed by atoms with Crippen LogP contribution in [0.15, 0.2) is 42.5 Å². The van der Waals surface area contributed by atoms with Crippen molar-refractivity contribution in [2.75, 3.05) is 32.8 Å². The number of hydrogen-bond acceptors (Lipinski definition) is 5. The number of fused-ring (bicyclic) bond motifs is 1. The van der Waals surface area contributed by atoms with E-state index in [1.807, 2.05) is 43.3 Å². The molecule has 2 aromatic heterocycles. The van der Waals surface area contributed by atoms with Gasteiger partial charge in [-0.2, -0.15) is 5.10 Å². The van der Waals surface area contributed by atoms with E-state index in [2.05, 4.69) is 10.1 Å². The molecule has 0 atom stereocenters. The van der Waals surface area contributed by atoms with Gasteiger partial charge in [0.15, 0.2) is 5.65 Å². The Labute approximate surface area is 168 Å². The molecule has 0 N–H and O–H groups in total. The van der Waals surface area contributed by atoms with Crippen LogP contribution in [-0.2, 0) is 4.74 Å². The monoisotopic (exact) mass is 393 g/mol. The average Bonchev–Trinajstić information content (AvgIpc) is 3.19. The first-order chi connectivity index (χ1) is 14.1. The summed E-state index contributed by atoms with van der Waals surface area (Å²) in [6.07, 6.45) is -0.331. The van der Waals surface area contributed by atoms with Crippen LogP contribution in [0.1, 0.15) is 23.1 Å². The molecule has 1 aliphatic heterocycles. The Balaban J connectivity index is 1.53. The molecule has 4 rings (SSSR count). The summed E-state index contributed by atoms with van der Waals surface area (Å²) in [5.41, 5.74) is 3.68. The Kier molecular flexibility index (Phi) is 5.16. The molecule has 1 aromatic carbocycles. The molecule has 8 nitrogen and oxygen atoms in total. The van der Waals surface area contributed by atoms with Crippen molar-refractivity contribution >= 4 is 17.6 Å². The van der Waals surface area contributed by atoms with E-state index in [-0.39, 0.29) is 12.0 Å². The maximum absolute atomic E-state index is 13.0. The molecule has 0 unspecified atom stereocenters. The minimum absolute atomic E-state index is 0.137. The molecule has 0 radical (unpaired) electrons. The van der Waals surface area contributed by atoms with Gasteiger partial charge in [-0.25, -0.2) is 14.3 Å². The number of rotatable bonds is 3. The topological polar surface area (TPSA) is 80.0 Å². The molecule has 0 bridgehead atoms. The van der Waals surface area contributed by atoms with Crippen LogP contribution in [0.5, 0.6) is 0 Å². The molecule has 0 aliphatic carbocycles. The first-order valence-electron chi connectivity index (χ1n) is 9.70. The maximum atomic E-state index is 13.0. The van der Waals surface area contributed by atoms with Gasteiger partial charge in [-0.3, -0.25) is 4.79 Å². The molecular formula is C21H23N5O3. The van der Waals surface area contributed by atoms with E-state index in [9.17, 15) is 9.59 Å². The molecule has 1 aliphatic rings. The van der Waals surface area contributed by atoms with Crippen LogP contribution in [0, 0.1) is 6.92 Å². The number of benzene rings is 1. The summed E-state index contributed by atoms with van der Waals surface area (Å²) in [7, 11) is 0. The fraction of sp³-hybridized carbons (Fsp3) is 0.333. The third kappa shape index (κ3) is 3.78. The maximum Gasteiger partial charge on any atom is 0.409 e. The number of aromatic nitrogens is 3. The van der Waals surface area contributed by atoms with Crippen molar-refractivity contribution in [2.45, 2.75) is 13.8 Å². The predicted molar refractivity (Wildman–Crippen MR) is 108 cm³/mol. The summed E-state index contributed by atoms with van der Waals surface area (Å²) in [6, 6.07) is 13.5. The second-order valence-corrected chi connectivity index (χ2v) is 6.93. The smallest absolute Gasteiger partial charge is 0.409 e. The fourth-order valence-electron chi connectivity index (χ4n) is 3.45. The largest absolute Gasteiger partial charge is 0.450 e. The summed E-state index contributed by atoms with van der Waals surface area (Å²) in [5, 5.41) is 4.61. The van der Waals surface area contributed by atoms with Gasteiger partial charge in [0.2, 0.25) is 0 Å². The Morgan fingerprint density at radius 3 is 2.41 bits per heavy atom. The summed E-state index contributed by atoms with van der Waals surface area (Å²) in [4.78, 5) is 32.7. The van der Waals surface area contributed by atoms with E-state index in [1.165, 1.54) is 0 Å². The highest BCUT2D eigenvalue weighted by molar-refractivity contribution is 5.93. The predicted octanol–water partition coefficient (Wildman–Crippen LogP) is 2.62. The number of amides is 2. The highest BCUT2D eigenvalue weighted by atomic mass is 16.6. The van der Waals surface area contributed by atoms with Crippen molar-refractivity contribution < 1.29 is 14.3 Å². The Bertz CT molecular complexity index is 1040. The minimum Gasteiger partial charge on any atom is -0.450 e. The number of hydrogen-bond donors (Lipinski definition) is 0. The number of ether oxygens (including phenoxy) is 1. The number of aryl methyl sites for hydroxylation is 1. The van der Waals surface area contributed by atoms with E-state index < -0.39 is 0 Å². The van der Waals surface area contributed by atoms with Gasteiger partial charge in [0.1, 0.15) is 5.69 Å². The van der Waals surface area contributed by atoms with Crippen LogP contribution in [0.4, 0.5) is 4.79 Å². The van der Waals surface area contributed by atoms with Gasteiger partial charge in [-0.05, 0) is 19.9 Å². The SMILES string of the molecule is CCOC(=O)N1CCN(C(=O)c2cc(C)n3nc(-c4ccccc4)cc3n2)CC1. The second kappa shape index (κ2) is 7.90. The number of carbonyl (C=O) groups excluding carboxylic acids is 2. The summed E-state index contributed by atoms with van der Waals surface area (Å²) >= 11 is 0. The summed E-state index contributed by atoms with van der Waals surface area (Å²) in [5.74, 6) is -0.137. The van der Waals surface area contributed by atoms with E-state index in [4.69, 9.17) is 4.74 Å². The highest BCUT2D eigenvalue weighted by Gasteiger charge is 2.26. The lowest BCUT2D eigenvalue weighted by atomic mass is 10.2. The van der Waals surface area contributed by atoms with E-state index in [0.717, 1.165) is 17.0 Å². The first-order valence-corrected chi connectivity index (χ1v) is 9.70. The van der Waals surface area contributed by atoms with Crippen molar-refractivity contribution in [1.29, 1.82) is 0 Å². The summed E-state index contributed by atoms with van der Waals surface area (Å²) in [6.45, 7) is 5.86. The molecular weight excluding hydrogens is 370 g/mol. The zero-order valence-corrected chi connectivity index (χ0v) is 16.5. The van der Waals surface area contributed by atoms with Crippen LogP contribution in [0.2, 0.25) is 0 Å². The van der Waals surface area contributed by atoms with Crippen molar-refractivity contribution in [1.82, 2.24) is 24.4 Å². The first kappa shape index (κ1) is 18.9. The van der Waals surface area contributed by atoms with Crippen LogP contribution >= 0.6 is 0 Å². The van der Waals surface area contributed by atoms with Crippen LogP contribution in [0.25, 0.3) is 16.9 Å². The lowest BCUT2D eigenvalue weighted by molar-refractivity contribution is 0.0566. The number of piperazine rings is 1. The third-order valence-corrected chi connectivity index (χ3v) is 4.99. The van der Waals surface area contributed by atoms with Crippen molar-refractivity contribution in [2.24, 2.45) is 0 Å². The average molecular weight is 393 g/mol. The van der Waals surface area contributed by atoms with E-state index in [1.54, 1.807) is 27.3 Å². The Hall–Kier alpha value is -3.42. The minimum atomic E-state index is -0.331. The van der Waals surface area contributed by atoms with Gasteiger partial charge >= 0.3 is 6.09 Å². The van der Waals surface area contributed by atoms with Crippen molar-refractivity contribution in [3.63, 3.8) is 0 Å². The fourth-order valence-corrected chi connectivity index (χ4v) is 3.45. The molecule has 150 valence electrons. The number of nitrogens with zero attached hydrogens (tertiary/aromatic N) is 5. The molecule has 2 amide bonds. The van der Waals surface area contributed by atoms with Gasteiger partial charge in [-0.1, -0.05) is 30.3 Å². The molecule has 3 heterocycles. The molecule has 29 heavy (non-hydrogen) atoms. The van der Waals surface area contributed by atoms with Crippen LogP contribution in [-0.4, -0.2) is 69.2 Å². The second-order valence-electron chi connectivity index (χ2n) is 6.93. The van der Waals surface area contributed by atoms with Crippen molar-refractivity contribution in [3.05, 3.63) is 53.9 Å². The van der Waals surface area contributed by atoms with Crippen molar-refractivity contribution in [3.8, 4) is 11.3 Å². The van der Waals surface area contributed by atoms with Gasteiger partial charge < -0.3 is 14.5 Å². The molecule has 1 saturated heterocycles. The third-order valence-electron chi connectivity index (χ3n) is 4.99. The molecule has 0 spiro atoms. The summed E-state index contributed by atoms with van der Waals surface area (Å²) < 4.78 is 6.77. The Morgan fingerprint density at radius 2 is 1.72 bits per heavy atom. The molecule has 3 aromatic rings. The normalized spacial score (nSPS) is 14.3.